The molecule has 0 spiro atoms. The molecule has 0 bridgehead atoms. The number of fused-ring (bicyclic) bond motifs is 1. The Hall–Kier alpha value is -2.88. The summed E-state index contributed by atoms with van der Waals surface area (Å²) in [5, 5.41) is 0.479. The minimum Gasteiger partial charge on any atom is -0.493 e. The van der Waals surface area contributed by atoms with Crippen LogP contribution in [-0.2, 0) is 19.1 Å². The molecule has 2 N–H and O–H groups in total. The monoisotopic (exact) mass is 548 g/mol. The summed E-state index contributed by atoms with van der Waals surface area (Å²) in [5.74, 6) is 0.313. The van der Waals surface area contributed by atoms with Crippen LogP contribution in [0.25, 0.3) is 0 Å². The SMILES string of the molecule is COc1cccc([C@H]2O[C@H](CCCC(N)=S)C(=O)N(CC(C)(C)OC(C)=O)c3ccc(Cl)cc32)c1OC. The third kappa shape index (κ3) is 6.91. The van der Waals surface area contributed by atoms with Gasteiger partial charge in [-0.05, 0) is 57.4 Å². The summed E-state index contributed by atoms with van der Waals surface area (Å²) < 4.78 is 23.3. The quantitative estimate of drug-likeness (QED) is 0.328. The largest absolute Gasteiger partial charge is 0.493 e. The highest BCUT2D eigenvalue weighted by atomic mass is 35.5. The fourth-order valence-electron chi connectivity index (χ4n) is 4.55. The molecule has 1 heterocycles. The number of carbonyl (C=O) groups is 2. The normalized spacial score (nSPS) is 17.6. The molecule has 2 aromatic carbocycles. The molecule has 2 aromatic rings. The highest BCUT2D eigenvalue weighted by Gasteiger charge is 2.40. The molecule has 0 aliphatic carbocycles. The topological polar surface area (TPSA) is 100 Å². The van der Waals surface area contributed by atoms with Crippen LogP contribution in [-0.4, -0.2) is 49.3 Å². The predicted molar refractivity (Wildman–Crippen MR) is 147 cm³/mol. The van der Waals surface area contributed by atoms with Gasteiger partial charge in [0.2, 0.25) is 0 Å². The van der Waals surface area contributed by atoms with Crippen LogP contribution in [0.2, 0.25) is 5.02 Å². The molecular formula is C27H33ClN2O6S. The fraction of sp³-hybridized carbons (Fsp3) is 0.444. The smallest absolute Gasteiger partial charge is 0.303 e. The van der Waals surface area contributed by atoms with Crippen molar-refractivity contribution in [1.29, 1.82) is 0 Å². The highest BCUT2D eigenvalue weighted by molar-refractivity contribution is 7.80. The fourth-order valence-corrected chi connectivity index (χ4v) is 4.87. The second-order valence-electron chi connectivity index (χ2n) is 9.43. The van der Waals surface area contributed by atoms with Gasteiger partial charge in [0.1, 0.15) is 17.8 Å². The molecule has 0 saturated heterocycles. The lowest BCUT2D eigenvalue weighted by atomic mass is 9.97. The van der Waals surface area contributed by atoms with Crippen molar-refractivity contribution in [2.45, 2.75) is 57.8 Å². The Morgan fingerprint density at radius 3 is 2.54 bits per heavy atom. The van der Waals surface area contributed by atoms with Crippen molar-refractivity contribution in [3.8, 4) is 11.5 Å². The number of rotatable bonds is 10. The summed E-state index contributed by atoms with van der Waals surface area (Å²) in [6, 6.07) is 10.8. The molecule has 0 saturated carbocycles. The van der Waals surface area contributed by atoms with Crippen LogP contribution < -0.4 is 20.1 Å². The maximum absolute atomic E-state index is 14.0. The van der Waals surface area contributed by atoms with E-state index in [1.165, 1.54) is 6.92 Å². The minimum atomic E-state index is -0.963. The third-order valence-electron chi connectivity index (χ3n) is 5.97. The van der Waals surface area contributed by atoms with E-state index in [2.05, 4.69) is 0 Å². The van der Waals surface area contributed by atoms with Crippen LogP contribution in [0.15, 0.2) is 36.4 Å². The predicted octanol–water partition coefficient (Wildman–Crippen LogP) is 4.98. The molecule has 10 heteroatoms. The average molecular weight is 549 g/mol. The van der Waals surface area contributed by atoms with E-state index in [4.69, 9.17) is 48.5 Å². The molecule has 1 amide bonds. The molecule has 200 valence electrons. The number of methoxy groups -OCH3 is 2. The summed E-state index contributed by atoms with van der Waals surface area (Å²) in [4.78, 5) is 27.7. The third-order valence-corrected chi connectivity index (χ3v) is 6.41. The van der Waals surface area contributed by atoms with Gasteiger partial charge in [0.25, 0.3) is 5.91 Å². The van der Waals surface area contributed by atoms with Crippen LogP contribution in [0.4, 0.5) is 5.69 Å². The Labute approximate surface area is 227 Å². The molecule has 37 heavy (non-hydrogen) atoms. The number of anilines is 1. The molecule has 0 fully saturated rings. The molecule has 0 radical (unpaired) electrons. The maximum atomic E-state index is 14.0. The van der Waals surface area contributed by atoms with E-state index in [0.29, 0.717) is 57.6 Å². The van der Waals surface area contributed by atoms with E-state index in [0.717, 1.165) is 0 Å². The first-order valence-electron chi connectivity index (χ1n) is 11.9. The van der Waals surface area contributed by atoms with E-state index in [-0.39, 0.29) is 12.5 Å². The van der Waals surface area contributed by atoms with Crippen molar-refractivity contribution in [2.24, 2.45) is 5.73 Å². The number of amides is 1. The highest BCUT2D eigenvalue weighted by Crippen LogP contribution is 2.45. The Balaban J connectivity index is 2.19. The summed E-state index contributed by atoms with van der Waals surface area (Å²) in [6.07, 6.45) is -0.126. The van der Waals surface area contributed by atoms with E-state index in [9.17, 15) is 9.59 Å². The molecular weight excluding hydrogens is 516 g/mol. The number of nitrogens with two attached hydrogens (primary N) is 1. The number of hydrogen-bond donors (Lipinski definition) is 1. The Morgan fingerprint density at radius 2 is 1.92 bits per heavy atom. The zero-order chi connectivity index (χ0) is 27.3. The molecule has 8 nitrogen and oxygen atoms in total. The van der Waals surface area contributed by atoms with Gasteiger partial charge < -0.3 is 29.6 Å². The van der Waals surface area contributed by atoms with Gasteiger partial charge in [-0.15, -0.1) is 0 Å². The molecule has 1 aliphatic heterocycles. The summed E-state index contributed by atoms with van der Waals surface area (Å²) in [6.45, 7) is 4.96. The number of nitrogens with zero attached hydrogens (tertiary/aromatic N) is 1. The summed E-state index contributed by atoms with van der Waals surface area (Å²) >= 11 is 11.5. The molecule has 2 atom stereocenters. The van der Waals surface area contributed by atoms with Gasteiger partial charge in [0.05, 0.1) is 31.4 Å². The first-order chi connectivity index (χ1) is 17.5. The van der Waals surface area contributed by atoms with Crippen molar-refractivity contribution in [1.82, 2.24) is 0 Å². The Bertz CT molecular complexity index is 1170. The van der Waals surface area contributed by atoms with Crippen LogP contribution >= 0.6 is 23.8 Å². The van der Waals surface area contributed by atoms with Gasteiger partial charge in [0.15, 0.2) is 11.5 Å². The van der Waals surface area contributed by atoms with Crippen LogP contribution in [0.3, 0.4) is 0 Å². The average Bonchev–Trinajstić information content (AvgIpc) is 2.92. The van der Waals surface area contributed by atoms with Crippen molar-refractivity contribution < 1.29 is 28.5 Å². The lowest BCUT2D eigenvalue weighted by Gasteiger charge is -2.33. The van der Waals surface area contributed by atoms with Gasteiger partial charge in [-0.3, -0.25) is 9.59 Å². The number of benzene rings is 2. The summed E-state index contributed by atoms with van der Waals surface area (Å²) in [7, 11) is 3.11. The van der Waals surface area contributed by atoms with Crippen LogP contribution in [0.1, 0.15) is 57.3 Å². The molecule has 3 rings (SSSR count). The standard InChI is InChI=1S/C27H33ClN2O6S/c1-16(31)36-27(2,3)15-30-20-13-12-17(28)14-19(20)24(18-8-6-9-21(33-4)25(18)34-5)35-22(26(30)32)10-7-11-23(29)37/h6,8-9,12-14,22,24H,7,10-11,15H2,1-5H3,(H2,29,37)/t22-,24-/m1/s1. The zero-order valence-electron chi connectivity index (χ0n) is 21.7. The first kappa shape index (κ1) is 28.7. The van der Waals surface area contributed by atoms with E-state index >= 15 is 0 Å². The van der Waals surface area contributed by atoms with Crippen molar-refractivity contribution in [3.63, 3.8) is 0 Å². The lowest BCUT2D eigenvalue weighted by molar-refractivity contribution is -0.153. The van der Waals surface area contributed by atoms with Gasteiger partial charge in [-0.2, -0.15) is 0 Å². The van der Waals surface area contributed by atoms with Gasteiger partial charge >= 0.3 is 5.97 Å². The second kappa shape index (κ2) is 12.1. The van der Waals surface area contributed by atoms with Crippen LogP contribution in [0, 0.1) is 0 Å². The number of hydrogen-bond acceptors (Lipinski definition) is 7. The maximum Gasteiger partial charge on any atom is 0.303 e. The molecule has 0 aromatic heterocycles. The van der Waals surface area contributed by atoms with Crippen molar-refractivity contribution in [3.05, 3.63) is 52.5 Å². The van der Waals surface area contributed by atoms with Crippen LogP contribution in [0.5, 0.6) is 11.5 Å². The number of thiocarbonyl (C=S) groups is 1. The molecule has 1 aliphatic rings. The van der Waals surface area contributed by atoms with Gasteiger partial charge in [-0.25, -0.2) is 0 Å². The number of halogens is 1. The summed E-state index contributed by atoms with van der Waals surface area (Å²) in [5.41, 5.74) is 6.69. The van der Waals surface area contributed by atoms with E-state index in [1.54, 1.807) is 57.2 Å². The Kier molecular flexibility index (Phi) is 9.39. The minimum absolute atomic E-state index is 0.108. The van der Waals surface area contributed by atoms with E-state index in [1.807, 2.05) is 12.1 Å². The lowest BCUT2D eigenvalue weighted by Crippen LogP contribution is -2.48. The van der Waals surface area contributed by atoms with E-state index < -0.39 is 23.8 Å². The van der Waals surface area contributed by atoms with Gasteiger partial charge in [0, 0.05) is 23.1 Å². The number of para-hydroxylation sites is 1. The Morgan fingerprint density at radius 1 is 1.19 bits per heavy atom. The van der Waals surface area contributed by atoms with Gasteiger partial charge in [-0.1, -0.05) is 36.0 Å². The molecule has 0 unspecified atom stereocenters. The zero-order valence-corrected chi connectivity index (χ0v) is 23.3. The second-order valence-corrected chi connectivity index (χ2v) is 10.4. The number of esters is 1. The number of carbonyl (C=O) groups excluding carboxylic acids is 2. The van der Waals surface area contributed by atoms with Crippen molar-refractivity contribution >= 4 is 46.4 Å². The number of ether oxygens (including phenoxy) is 4. The van der Waals surface area contributed by atoms with Crippen molar-refractivity contribution in [2.75, 3.05) is 25.7 Å². The first-order valence-corrected chi connectivity index (χ1v) is 12.7.